The molecule has 0 N–H and O–H groups in total. The SMILES string of the molecule is CCCC(C)N(C)S(=O)(=O)c1cc([N+](=O)[O-])ccc1Cl. The van der Waals surface area contributed by atoms with E-state index in [1.165, 1.54) is 23.5 Å². The molecule has 0 aliphatic rings. The number of benzene rings is 1. The van der Waals surface area contributed by atoms with Gasteiger partial charge < -0.3 is 0 Å². The predicted octanol–water partition coefficient (Wildman–Crippen LogP) is 3.06. The molecule has 20 heavy (non-hydrogen) atoms. The number of sulfonamides is 1. The second-order valence-corrected chi connectivity index (χ2v) is 6.90. The summed E-state index contributed by atoms with van der Waals surface area (Å²) in [5.41, 5.74) is -0.301. The molecule has 0 aliphatic heterocycles. The van der Waals surface area contributed by atoms with Gasteiger partial charge in [-0.05, 0) is 19.4 Å². The third-order valence-electron chi connectivity index (χ3n) is 3.11. The van der Waals surface area contributed by atoms with Crippen molar-refractivity contribution in [1.82, 2.24) is 4.31 Å². The molecule has 0 saturated carbocycles. The number of rotatable bonds is 6. The fourth-order valence-electron chi connectivity index (χ4n) is 1.79. The molecule has 6 nitrogen and oxygen atoms in total. The van der Waals surface area contributed by atoms with Crippen molar-refractivity contribution in [2.45, 2.75) is 37.6 Å². The number of halogens is 1. The maximum atomic E-state index is 12.5. The van der Waals surface area contributed by atoms with Crippen molar-refractivity contribution in [2.75, 3.05) is 7.05 Å². The number of hydrogen-bond donors (Lipinski definition) is 0. The van der Waals surface area contributed by atoms with E-state index in [0.717, 1.165) is 12.5 Å². The van der Waals surface area contributed by atoms with Gasteiger partial charge >= 0.3 is 0 Å². The quantitative estimate of drug-likeness (QED) is 0.596. The van der Waals surface area contributed by atoms with E-state index in [-0.39, 0.29) is 21.6 Å². The van der Waals surface area contributed by atoms with Crippen LogP contribution in [-0.2, 0) is 10.0 Å². The maximum absolute atomic E-state index is 12.5. The molecule has 1 atom stereocenters. The first-order valence-electron chi connectivity index (χ1n) is 6.13. The van der Waals surface area contributed by atoms with Gasteiger partial charge in [-0.15, -0.1) is 0 Å². The van der Waals surface area contributed by atoms with E-state index in [9.17, 15) is 18.5 Å². The summed E-state index contributed by atoms with van der Waals surface area (Å²) in [5.74, 6) is 0. The van der Waals surface area contributed by atoms with Gasteiger partial charge in [0, 0.05) is 25.2 Å². The van der Waals surface area contributed by atoms with Crippen molar-refractivity contribution in [1.29, 1.82) is 0 Å². The highest BCUT2D eigenvalue weighted by Gasteiger charge is 2.28. The van der Waals surface area contributed by atoms with Crippen molar-refractivity contribution >= 4 is 27.3 Å². The Bertz CT molecular complexity index is 603. The van der Waals surface area contributed by atoms with Crippen LogP contribution < -0.4 is 0 Å². The smallest absolute Gasteiger partial charge is 0.258 e. The van der Waals surface area contributed by atoms with Crippen LogP contribution in [0.4, 0.5) is 5.69 Å². The minimum Gasteiger partial charge on any atom is -0.258 e. The van der Waals surface area contributed by atoms with Gasteiger partial charge in [0.25, 0.3) is 5.69 Å². The topological polar surface area (TPSA) is 80.5 Å². The summed E-state index contributed by atoms with van der Waals surface area (Å²) in [6, 6.07) is 3.19. The van der Waals surface area contributed by atoms with Crippen LogP contribution in [0.25, 0.3) is 0 Å². The first-order chi connectivity index (χ1) is 9.21. The lowest BCUT2D eigenvalue weighted by atomic mass is 10.2. The summed E-state index contributed by atoms with van der Waals surface area (Å²) in [4.78, 5) is 9.87. The summed E-state index contributed by atoms with van der Waals surface area (Å²) in [6.45, 7) is 3.74. The Kier molecular flexibility index (Phi) is 5.50. The van der Waals surface area contributed by atoms with Crippen molar-refractivity contribution < 1.29 is 13.3 Å². The first-order valence-corrected chi connectivity index (χ1v) is 7.95. The number of non-ortho nitro benzene ring substituents is 1. The molecule has 0 amide bonds. The maximum Gasteiger partial charge on any atom is 0.270 e. The zero-order chi connectivity index (χ0) is 15.5. The van der Waals surface area contributed by atoms with Crippen LogP contribution in [-0.4, -0.2) is 30.7 Å². The van der Waals surface area contributed by atoms with E-state index < -0.39 is 14.9 Å². The van der Waals surface area contributed by atoms with Gasteiger partial charge in [-0.2, -0.15) is 4.31 Å². The minimum absolute atomic E-state index is 0.0221. The Morgan fingerprint density at radius 1 is 1.45 bits per heavy atom. The second kappa shape index (κ2) is 6.51. The van der Waals surface area contributed by atoms with Gasteiger partial charge in [0.1, 0.15) is 4.90 Å². The highest BCUT2D eigenvalue weighted by molar-refractivity contribution is 7.89. The molecule has 8 heteroatoms. The third kappa shape index (κ3) is 3.47. The van der Waals surface area contributed by atoms with Crippen molar-refractivity contribution in [3.63, 3.8) is 0 Å². The Morgan fingerprint density at radius 3 is 2.55 bits per heavy atom. The normalized spacial score (nSPS) is 13.4. The summed E-state index contributed by atoms with van der Waals surface area (Å²) in [7, 11) is -2.40. The Morgan fingerprint density at radius 2 is 2.05 bits per heavy atom. The van der Waals surface area contributed by atoms with Gasteiger partial charge in [0.2, 0.25) is 10.0 Å². The Balaban J connectivity index is 3.27. The fourth-order valence-corrected chi connectivity index (χ4v) is 3.68. The molecule has 0 fully saturated rings. The predicted molar refractivity (Wildman–Crippen MR) is 77.4 cm³/mol. The van der Waals surface area contributed by atoms with Crippen LogP contribution in [0.2, 0.25) is 5.02 Å². The Hall–Kier alpha value is -1.18. The molecule has 0 bridgehead atoms. The van der Waals surface area contributed by atoms with E-state index in [4.69, 9.17) is 11.6 Å². The molecular weight excluding hydrogens is 304 g/mol. The van der Waals surface area contributed by atoms with Gasteiger partial charge in [-0.1, -0.05) is 24.9 Å². The lowest BCUT2D eigenvalue weighted by Crippen LogP contribution is -2.35. The zero-order valence-corrected chi connectivity index (χ0v) is 13.1. The third-order valence-corrected chi connectivity index (χ3v) is 5.56. The summed E-state index contributed by atoms with van der Waals surface area (Å²) >= 11 is 5.88. The van der Waals surface area contributed by atoms with Crippen molar-refractivity contribution in [2.24, 2.45) is 0 Å². The van der Waals surface area contributed by atoms with Crippen molar-refractivity contribution in [3.05, 3.63) is 33.3 Å². The number of nitro benzene ring substituents is 1. The summed E-state index contributed by atoms with van der Waals surface area (Å²) < 4.78 is 26.1. The molecule has 0 spiro atoms. The van der Waals surface area contributed by atoms with Crippen LogP contribution in [0.1, 0.15) is 26.7 Å². The molecular formula is C12H17ClN2O4S. The first kappa shape index (κ1) is 16.9. The average molecular weight is 321 g/mol. The number of nitrogens with zero attached hydrogens (tertiary/aromatic N) is 2. The number of hydrogen-bond acceptors (Lipinski definition) is 4. The largest absolute Gasteiger partial charge is 0.270 e. The molecule has 1 rings (SSSR count). The summed E-state index contributed by atoms with van der Waals surface area (Å²) in [5, 5.41) is 10.7. The molecule has 1 unspecified atom stereocenters. The zero-order valence-electron chi connectivity index (χ0n) is 11.5. The van der Waals surface area contributed by atoms with E-state index >= 15 is 0 Å². The van der Waals surface area contributed by atoms with Crippen LogP contribution in [0.15, 0.2) is 23.1 Å². The highest BCUT2D eigenvalue weighted by atomic mass is 35.5. The minimum atomic E-state index is -3.85. The molecule has 0 saturated heterocycles. The molecule has 0 heterocycles. The van der Waals surface area contributed by atoms with Crippen LogP contribution >= 0.6 is 11.6 Å². The summed E-state index contributed by atoms with van der Waals surface area (Å²) in [6.07, 6.45) is 1.53. The van der Waals surface area contributed by atoms with E-state index in [0.29, 0.717) is 6.42 Å². The standard InChI is InChI=1S/C12H17ClN2O4S/c1-4-5-9(2)14(3)20(18,19)12-8-10(15(16)17)6-7-11(12)13/h6-9H,4-5H2,1-3H3. The van der Waals surface area contributed by atoms with E-state index in [1.807, 2.05) is 6.92 Å². The van der Waals surface area contributed by atoms with Crippen LogP contribution in [0, 0.1) is 10.1 Å². The molecule has 1 aromatic carbocycles. The average Bonchev–Trinajstić information content (AvgIpc) is 2.37. The fraction of sp³-hybridized carbons (Fsp3) is 0.500. The molecule has 0 aliphatic carbocycles. The lowest BCUT2D eigenvalue weighted by molar-refractivity contribution is -0.385. The molecule has 112 valence electrons. The van der Waals surface area contributed by atoms with Gasteiger partial charge in [0.15, 0.2) is 0 Å². The second-order valence-electron chi connectivity index (χ2n) is 4.53. The Labute approximate surface area is 123 Å². The molecule has 0 radical (unpaired) electrons. The van der Waals surface area contributed by atoms with Gasteiger partial charge in [-0.3, -0.25) is 10.1 Å². The lowest BCUT2D eigenvalue weighted by Gasteiger charge is -2.24. The molecule has 1 aromatic rings. The van der Waals surface area contributed by atoms with Crippen molar-refractivity contribution in [3.8, 4) is 0 Å². The van der Waals surface area contributed by atoms with Crippen LogP contribution in [0.3, 0.4) is 0 Å². The van der Waals surface area contributed by atoms with Gasteiger partial charge in [0.05, 0.1) is 9.95 Å². The van der Waals surface area contributed by atoms with Gasteiger partial charge in [-0.25, -0.2) is 8.42 Å². The highest BCUT2D eigenvalue weighted by Crippen LogP contribution is 2.29. The van der Waals surface area contributed by atoms with E-state index in [2.05, 4.69) is 0 Å². The number of nitro groups is 1. The van der Waals surface area contributed by atoms with Crippen LogP contribution in [0.5, 0.6) is 0 Å². The van der Waals surface area contributed by atoms with E-state index in [1.54, 1.807) is 6.92 Å². The molecule has 0 aromatic heterocycles. The monoisotopic (exact) mass is 320 g/mol.